The summed E-state index contributed by atoms with van der Waals surface area (Å²) in [5, 5.41) is 21.7. The van der Waals surface area contributed by atoms with Crippen LogP contribution in [0.3, 0.4) is 0 Å². The Morgan fingerprint density at radius 3 is 2.53 bits per heavy atom. The van der Waals surface area contributed by atoms with Crippen molar-refractivity contribution in [3.8, 4) is 28.2 Å². The SMILES string of the molecule is N[SH+](=O)c1ccc(Cc2c(-c3ccc(F)c(C#CC4CCCC4)c3)nn(-c3nc(C(=O)O)cs3)c2CC2CC2)cc1F.[OH-]. The molecule has 224 valence electrons. The van der Waals surface area contributed by atoms with E-state index in [1.54, 1.807) is 22.9 Å². The summed E-state index contributed by atoms with van der Waals surface area (Å²) < 4.78 is 43.1. The molecular formula is C31H30F2N4O4S2. The molecule has 43 heavy (non-hydrogen) atoms. The summed E-state index contributed by atoms with van der Waals surface area (Å²) in [7, 11) is -2.33. The molecule has 0 spiro atoms. The van der Waals surface area contributed by atoms with Crippen molar-refractivity contribution in [2.45, 2.75) is 56.3 Å². The first-order valence-electron chi connectivity index (χ1n) is 13.9. The lowest BCUT2D eigenvalue weighted by Gasteiger charge is -2.09. The van der Waals surface area contributed by atoms with Crippen LogP contribution in [-0.2, 0) is 28.0 Å². The van der Waals surface area contributed by atoms with Gasteiger partial charge >= 0.3 is 5.97 Å². The Morgan fingerprint density at radius 2 is 1.88 bits per heavy atom. The summed E-state index contributed by atoms with van der Waals surface area (Å²) in [6.45, 7) is 0. The molecule has 0 bridgehead atoms. The highest BCUT2D eigenvalue weighted by atomic mass is 32.2. The number of carboxylic acids is 1. The fraction of sp³-hybridized carbons (Fsp3) is 0.323. The van der Waals surface area contributed by atoms with Crippen LogP contribution in [0.15, 0.2) is 46.7 Å². The minimum atomic E-state index is -2.33. The molecule has 2 heterocycles. The lowest BCUT2D eigenvalue weighted by molar-refractivity contribution is 0.0691. The van der Waals surface area contributed by atoms with Gasteiger partial charge in [-0.2, -0.15) is 5.10 Å². The minimum absolute atomic E-state index is 0. The Labute approximate surface area is 253 Å². The number of nitrogens with zero attached hydrogens (tertiary/aromatic N) is 3. The normalized spacial score (nSPS) is 15.5. The molecule has 0 aliphatic heterocycles. The van der Waals surface area contributed by atoms with Gasteiger partial charge < -0.3 is 10.6 Å². The fourth-order valence-corrected chi connectivity index (χ4v) is 6.66. The molecule has 8 nitrogen and oxygen atoms in total. The zero-order valence-electron chi connectivity index (χ0n) is 23.1. The quantitative estimate of drug-likeness (QED) is 0.144. The van der Waals surface area contributed by atoms with Gasteiger partial charge in [-0.15, -0.1) is 16.5 Å². The topological polar surface area (TPSA) is 141 Å². The van der Waals surface area contributed by atoms with Crippen LogP contribution >= 0.6 is 11.3 Å². The van der Waals surface area contributed by atoms with Gasteiger partial charge in [0.25, 0.3) is 0 Å². The zero-order chi connectivity index (χ0) is 29.4. The third-order valence-corrected chi connectivity index (χ3v) is 9.45. The minimum Gasteiger partial charge on any atom is -0.870 e. The van der Waals surface area contributed by atoms with Gasteiger partial charge in [0.05, 0.1) is 17.0 Å². The van der Waals surface area contributed by atoms with Gasteiger partial charge in [-0.05, 0) is 73.9 Å². The summed E-state index contributed by atoms with van der Waals surface area (Å²) in [5.41, 5.74) is 3.69. The highest BCUT2D eigenvalue weighted by Crippen LogP contribution is 2.38. The van der Waals surface area contributed by atoms with E-state index in [1.165, 1.54) is 34.9 Å². The number of hydrogen-bond donors (Lipinski definition) is 2. The molecule has 2 aromatic carbocycles. The van der Waals surface area contributed by atoms with Crippen LogP contribution in [0.1, 0.15) is 71.4 Å². The lowest BCUT2D eigenvalue weighted by Crippen LogP contribution is -2.07. The van der Waals surface area contributed by atoms with Crippen LogP contribution < -0.4 is 5.14 Å². The van der Waals surface area contributed by atoms with Gasteiger partial charge in [-0.25, -0.2) is 23.2 Å². The van der Waals surface area contributed by atoms with Crippen molar-refractivity contribution in [2.24, 2.45) is 17.0 Å². The summed E-state index contributed by atoms with van der Waals surface area (Å²) in [4.78, 5) is 15.8. The number of thiol groups is 1. The zero-order valence-corrected chi connectivity index (χ0v) is 24.8. The predicted octanol–water partition coefficient (Wildman–Crippen LogP) is 5.81. The second-order valence-corrected chi connectivity index (χ2v) is 12.9. The number of rotatable bonds is 8. The van der Waals surface area contributed by atoms with E-state index in [2.05, 4.69) is 16.8 Å². The van der Waals surface area contributed by atoms with Crippen molar-refractivity contribution >= 4 is 28.3 Å². The van der Waals surface area contributed by atoms with Crippen LogP contribution in [0.2, 0.25) is 0 Å². The van der Waals surface area contributed by atoms with Crippen LogP contribution in [0.4, 0.5) is 8.78 Å². The van der Waals surface area contributed by atoms with Gasteiger partial charge in [0.15, 0.2) is 22.5 Å². The Bertz CT molecular complexity index is 1760. The number of halogens is 2. The average Bonchev–Trinajstić information content (AvgIpc) is 3.30. The van der Waals surface area contributed by atoms with E-state index in [0.717, 1.165) is 49.8 Å². The van der Waals surface area contributed by atoms with Crippen molar-refractivity contribution in [2.75, 3.05) is 0 Å². The third-order valence-electron chi connectivity index (χ3n) is 7.80. The van der Waals surface area contributed by atoms with E-state index in [0.29, 0.717) is 34.3 Å². The molecule has 0 amide bonds. The van der Waals surface area contributed by atoms with E-state index in [4.69, 9.17) is 10.2 Å². The van der Waals surface area contributed by atoms with Gasteiger partial charge in [0.1, 0.15) is 5.82 Å². The highest BCUT2D eigenvalue weighted by molar-refractivity contribution is 7.82. The maximum atomic E-state index is 14.9. The van der Waals surface area contributed by atoms with Gasteiger partial charge in [0.2, 0.25) is 10.0 Å². The molecule has 2 saturated carbocycles. The summed E-state index contributed by atoms with van der Waals surface area (Å²) in [6, 6.07) is 9.18. The van der Waals surface area contributed by atoms with Crippen molar-refractivity contribution in [3.05, 3.63) is 81.5 Å². The average molecular weight is 625 g/mol. The number of thiazole rings is 1. The molecule has 0 saturated heterocycles. The van der Waals surface area contributed by atoms with E-state index < -0.39 is 28.6 Å². The standard InChI is InChI=1S/C31H28F2N4O3S2.H2O/c32-24-11-10-22(16-21(24)9-7-18-3-1-2-4-18)29-23(13-20-8-12-28(42(34)40)25(33)14-20)27(15-19-5-6-19)37(36-29)31-35-26(17-41-31)30(38)39;/h8,10-12,14,16-19H,1-6,13,15H2,(H2,34,40)(H,38,39);1H2. The summed E-state index contributed by atoms with van der Waals surface area (Å²) in [5.74, 6) is 4.78. The molecule has 2 aliphatic carbocycles. The molecule has 6 rings (SSSR count). The monoisotopic (exact) mass is 624 g/mol. The second-order valence-electron chi connectivity index (χ2n) is 10.9. The molecule has 2 aliphatic rings. The summed E-state index contributed by atoms with van der Waals surface area (Å²) in [6.07, 6.45) is 7.39. The van der Waals surface area contributed by atoms with Crippen LogP contribution in [0, 0.1) is 35.3 Å². The number of carboxylic acid groups (broad SMARTS) is 1. The smallest absolute Gasteiger partial charge is 0.355 e. The van der Waals surface area contributed by atoms with Crippen molar-refractivity contribution in [1.29, 1.82) is 0 Å². The van der Waals surface area contributed by atoms with Crippen LogP contribution in [0.25, 0.3) is 16.4 Å². The van der Waals surface area contributed by atoms with Gasteiger partial charge in [-0.1, -0.05) is 35.0 Å². The maximum Gasteiger partial charge on any atom is 0.355 e. The number of aromatic nitrogens is 3. The predicted molar refractivity (Wildman–Crippen MR) is 160 cm³/mol. The van der Waals surface area contributed by atoms with Gasteiger partial charge in [-0.3, -0.25) is 0 Å². The third kappa shape index (κ3) is 6.75. The summed E-state index contributed by atoms with van der Waals surface area (Å²) >= 11 is 1.17. The number of hydrogen-bond acceptors (Lipinski definition) is 6. The molecule has 1 unspecified atom stereocenters. The first-order chi connectivity index (χ1) is 20.3. The van der Waals surface area contributed by atoms with E-state index >= 15 is 0 Å². The molecule has 4 aromatic rings. The van der Waals surface area contributed by atoms with Gasteiger partial charge in [0, 0.05) is 28.8 Å². The molecule has 2 aromatic heterocycles. The molecule has 0 radical (unpaired) electrons. The Kier molecular flexibility index (Phi) is 9.17. The molecule has 12 heteroatoms. The first-order valence-corrected chi connectivity index (χ1v) is 16.1. The van der Waals surface area contributed by atoms with Crippen molar-refractivity contribution in [3.63, 3.8) is 0 Å². The second kappa shape index (κ2) is 12.9. The number of aromatic carboxylic acids is 1. The van der Waals surface area contributed by atoms with Crippen molar-refractivity contribution < 1.29 is 28.4 Å². The number of carbonyl (C=O) groups is 1. The molecule has 1 atom stereocenters. The van der Waals surface area contributed by atoms with Crippen LogP contribution in [0.5, 0.6) is 0 Å². The van der Waals surface area contributed by atoms with E-state index in [-0.39, 0.29) is 34.0 Å². The van der Waals surface area contributed by atoms with Crippen LogP contribution in [-0.4, -0.2) is 31.3 Å². The maximum absolute atomic E-state index is 14.9. The first kappa shape index (κ1) is 30.7. The largest absolute Gasteiger partial charge is 0.870 e. The Balaban J connectivity index is 0.00000368. The lowest BCUT2D eigenvalue weighted by atomic mass is 9.96. The number of nitrogens with two attached hydrogens (primary N) is 1. The molecular weight excluding hydrogens is 594 g/mol. The molecule has 4 N–H and O–H groups in total. The fourth-order valence-electron chi connectivity index (χ4n) is 5.39. The van der Waals surface area contributed by atoms with Crippen molar-refractivity contribution in [1.82, 2.24) is 14.8 Å². The highest BCUT2D eigenvalue weighted by Gasteiger charge is 2.30. The Morgan fingerprint density at radius 1 is 1.12 bits per heavy atom. The number of benzene rings is 2. The Hall–Kier alpha value is -3.76. The molecule has 2 fully saturated rings. The van der Waals surface area contributed by atoms with E-state index in [1.807, 2.05) is 0 Å². The van der Waals surface area contributed by atoms with E-state index in [9.17, 15) is 22.9 Å².